The van der Waals surface area contributed by atoms with Crippen LogP contribution in [0, 0.1) is 0 Å². The van der Waals surface area contributed by atoms with Crippen LogP contribution >= 0.6 is 0 Å². The van der Waals surface area contributed by atoms with Gasteiger partial charge in [-0.05, 0) is 7.05 Å². The number of unbranched alkanes of at least 4 members (excludes halogenated alkanes) is 2. The number of nitrogens with two attached hydrogens (primary N) is 1. The number of hydrogen-bond acceptors (Lipinski definition) is 2. The summed E-state index contributed by atoms with van der Waals surface area (Å²) in [6.07, 6.45) is 4.08. The molecule has 0 aliphatic carbocycles. The van der Waals surface area contributed by atoms with E-state index >= 15 is 0 Å². The molecular formula is C6H18N2. The third-order valence-corrected chi connectivity index (χ3v) is 0.707. The van der Waals surface area contributed by atoms with Crippen molar-refractivity contribution in [1.29, 1.82) is 0 Å². The first-order chi connectivity index (χ1) is 3.83. The lowest BCUT2D eigenvalue weighted by atomic mass is 10.3. The molecule has 0 saturated heterocycles. The van der Waals surface area contributed by atoms with Crippen molar-refractivity contribution in [1.82, 2.24) is 5.43 Å². The highest BCUT2D eigenvalue weighted by atomic mass is 15.2. The van der Waals surface area contributed by atoms with Gasteiger partial charge in [-0.3, -0.25) is 11.3 Å². The molecule has 2 nitrogen and oxygen atoms in total. The van der Waals surface area contributed by atoms with Gasteiger partial charge in [0.1, 0.15) is 0 Å². The summed E-state index contributed by atoms with van der Waals surface area (Å²) < 4.78 is 0. The van der Waals surface area contributed by atoms with Crippen molar-refractivity contribution >= 4 is 0 Å². The Labute approximate surface area is 52.4 Å². The van der Waals surface area contributed by atoms with Crippen molar-refractivity contribution in [3.63, 3.8) is 0 Å². The van der Waals surface area contributed by atoms with Gasteiger partial charge in [0.25, 0.3) is 0 Å². The van der Waals surface area contributed by atoms with Crippen LogP contribution in [0.2, 0.25) is 0 Å². The van der Waals surface area contributed by atoms with Crippen molar-refractivity contribution in [2.24, 2.45) is 5.84 Å². The lowest BCUT2D eigenvalue weighted by Crippen LogP contribution is -2.13. The Morgan fingerprint density at radius 3 is 1.50 bits per heavy atom. The molecule has 0 heterocycles. The maximum absolute atomic E-state index is 4.60. The van der Waals surface area contributed by atoms with Gasteiger partial charge in [-0.15, -0.1) is 0 Å². The van der Waals surface area contributed by atoms with E-state index in [2.05, 4.69) is 25.1 Å². The highest BCUT2D eigenvalue weighted by Crippen LogP contribution is 1.88. The Morgan fingerprint density at radius 1 is 1.25 bits per heavy atom. The van der Waals surface area contributed by atoms with Crippen molar-refractivity contribution in [3.05, 3.63) is 0 Å². The summed E-state index contributed by atoms with van der Waals surface area (Å²) in [7, 11) is 1.65. The van der Waals surface area contributed by atoms with E-state index in [9.17, 15) is 0 Å². The topological polar surface area (TPSA) is 38.0 Å². The average Bonchev–Trinajstić information content (AvgIpc) is 1.71. The molecule has 0 unspecified atom stereocenters. The molecule has 52 valence electrons. The fraction of sp³-hybridized carbons (Fsp3) is 1.00. The Balaban J connectivity index is 0. The summed E-state index contributed by atoms with van der Waals surface area (Å²) in [6.45, 7) is 4.42. The zero-order valence-corrected chi connectivity index (χ0v) is 6.20. The lowest BCUT2D eigenvalue weighted by molar-refractivity contribution is 0.772. The number of rotatable bonds is 2. The molecule has 0 aliphatic heterocycles. The van der Waals surface area contributed by atoms with E-state index in [4.69, 9.17) is 0 Å². The van der Waals surface area contributed by atoms with E-state index in [0.717, 1.165) is 0 Å². The molecule has 0 fully saturated rings. The van der Waals surface area contributed by atoms with Crippen LogP contribution in [0.1, 0.15) is 33.1 Å². The van der Waals surface area contributed by atoms with Crippen molar-refractivity contribution < 1.29 is 0 Å². The molecule has 0 bridgehead atoms. The normalized spacial score (nSPS) is 7.50. The van der Waals surface area contributed by atoms with Crippen LogP contribution in [0.5, 0.6) is 0 Å². The standard InChI is InChI=1S/C5H12.CH6N2/c1-3-5-4-2;1-3-2/h3-5H2,1-2H3;3H,2H2,1H3. The first-order valence-electron chi connectivity index (χ1n) is 3.20. The van der Waals surface area contributed by atoms with E-state index in [0.29, 0.717) is 0 Å². The smallest absolute Gasteiger partial charge is 0.00172 e. The molecule has 3 N–H and O–H groups in total. The van der Waals surface area contributed by atoms with E-state index in [1.807, 2.05) is 0 Å². The minimum Gasteiger partial charge on any atom is -0.272 e. The maximum Gasteiger partial charge on any atom is -0.00172 e. The predicted molar refractivity (Wildman–Crippen MR) is 38.4 cm³/mol. The second-order valence-electron chi connectivity index (χ2n) is 1.64. The fourth-order valence-electron chi connectivity index (χ4n) is 0.354. The monoisotopic (exact) mass is 118 g/mol. The molecule has 0 amide bonds. The summed E-state index contributed by atoms with van der Waals surface area (Å²) in [5.41, 5.74) is 2.25. The first-order valence-corrected chi connectivity index (χ1v) is 3.20. The van der Waals surface area contributed by atoms with Crippen LogP contribution in [0.15, 0.2) is 0 Å². The number of hydrazine groups is 1. The van der Waals surface area contributed by atoms with Crippen molar-refractivity contribution in [3.8, 4) is 0 Å². The van der Waals surface area contributed by atoms with E-state index < -0.39 is 0 Å². The zero-order chi connectivity index (χ0) is 6.83. The van der Waals surface area contributed by atoms with E-state index in [-0.39, 0.29) is 0 Å². The highest BCUT2D eigenvalue weighted by molar-refractivity contribution is 4.24. The van der Waals surface area contributed by atoms with Crippen LogP contribution in [0.4, 0.5) is 0 Å². The van der Waals surface area contributed by atoms with Crippen molar-refractivity contribution in [2.45, 2.75) is 33.1 Å². The van der Waals surface area contributed by atoms with Gasteiger partial charge in [0.2, 0.25) is 0 Å². The third kappa shape index (κ3) is 38.9. The SMILES string of the molecule is CCCCC.CNN. The van der Waals surface area contributed by atoms with Gasteiger partial charge in [-0.2, -0.15) is 0 Å². The van der Waals surface area contributed by atoms with Crippen molar-refractivity contribution in [2.75, 3.05) is 7.05 Å². The summed E-state index contributed by atoms with van der Waals surface area (Å²) in [4.78, 5) is 0. The summed E-state index contributed by atoms with van der Waals surface area (Å²) in [5.74, 6) is 4.60. The van der Waals surface area contributed by atoms with Gasteiger partial charge >= 0.3 is 0 Å². The number of nitrogens with one attached hydrogen (secondary N) is 1. The second kappa shape index (κ2) is 15.8. The third-order valence-electron chi connectivity index (χ3n) is 0.707. The van der Waals surface area contributed by atoms with Gasteiger partial charge in [0.05, 0.1) is 0 Å². The van der Waals surface area contributed by atoms with Gasteiger partial charge in [-0.1, -0.05) is 33.1 Å². The molecule has 0 rings (SSSR count). The van der Waals surface area contributed by atoms with Crippen LogP contribution in [-0.4, -0.2) is 7.05 Å². The Bertz CT molecular complexity index is 20.5. The lowest BCUT2D eigenvalue weighted by Gasteiger charge is -1.79. The maximum atomic E-state index is 4.60. The largest absolute Gasteiger partial charge is 0.272 e. The fourth-order valence-corrected chi connectivity index (χ4v) is 0.354. The molecule has 0 saturated carbocycles. The molecule has 2 heteroatoms. The highest BCUT2D eigenvalue weighted by Gasteiger charge is 1.68. The van der Waals surface area contributed by atoms with Gasteiger partial charge in [0.15, 0.2) is 0 Å². The molecule has 0 aromatic carbocycles. The van der Waals surface area contributed by atoms with Gasteiger partial charge in [0, 0.05) is 0 Å². The Morgan fingerprint density at radius 2 is 1.50 bits per heavy atom. The van der Waals surface area contributed by atoms with Crippen LogP contribution in [-0.2, 0) is 0 Å². The van der Waals surface area contributed by atoms with Crippen LogP contribution in [0.25, 0.3) is 0 Å². The molecule has 0 radical (unpaired) electrons. The number of hydrogen-bond donors (Lipinski definition) is 2. The molecule has 0 spiro atoms. The predicted octanol–water partition coefficient (Wildman–Crippen LogP) is 1.28. The zero-order valence-electron chi connectivity index (χ0n) is 6.20. The molecule has 0 atom stereocenters. The van der Waals surface area contributed by atoms with Crippen LogP contribution < -0.4 is 11.3 Å². The molecule has 0 aliphatic rings. The summed E-state index contributed by atoms with van der Waals surface area (Å²) >= 11 is 0. The quantitative estimate of drug-likeness (QED) is 0.423. The summed E-state index contributed by atoms with van der Waals surface area (Å²) in [5, 5.41) is 0. The first kappa shape index (κ1) is 10.8. The molecular weight excluding hydrogens is 100 g/mol. The molecule has 8 heavy (non-hydrogen) atoms. The summed E-state index contributed by atoms with van der Waals surface area (Å²) in [6, 6.07) is 0. The van der Waals surface area contributed by atoms with Gasteiger partial charge < -0.3 is 0 Å². The molecule has 0 aromatic rings. The van der Waals surface area contributed by atoms with Gasteiger partial charge in [-0.25, -0.2) is 0 Å². The van der Waals surface area contributed by atoms with E-state index in [1.54, 1.807) is 7.05 Å². The average molecular weight is 118 g/mol. The Hall–Kier alpha value is -0.0800. The van der Waals surface area contributed by atoms with E-state index in [1.165, 1.54) is 19.3 Å². The second-order valence-corrected chi connectivity index (χ2v) is 1.64. The minimum absolute atomic E-state index is 1.34. The van der Waals surface area contributed by atoms with Crippen LogP contribution in [0.3, 0.4) is 0 Å². The Kier molecular flexibility index (Phi) is 21.3. The minimum atomic E-state index is 1.34. The molecule has 0 aromatic heterocycles.